The quantitative estimate of drug-likeness (QED) is 0.779. The summed E-state index contributed by atoms with van der Waals surface area (Å²) in [6, 6.07) is 1.81. The van der Waals surface area contributed by atoms with Gasteiger partial charge in [-0.3, -0.25) is 0 Å². The van der Waals surface area contributed by atoms with Crippen LogP contribution in [-0.4, -0.2) is 17.6 Å². The molecule has 0 amide bonds. The van der Waals surface area contributed by atoms with Gasteiger partial charge in [0.25, 0.3) is 0 Å². The number of furan rings is 1. The molecule has 0 N–H and O–H groups in total. The molecule has 0 aliphatic heterocycles. The Morgan fingerprint density at radius 2 is 2.22 bits per heavy atom. The highest BCUT2D eigenvalue weighted by Crippen LogP contribution is 2.24. The molecule has 18 heavy (non-hydrogen) atoms. The van der Waals surface area contributed by atoms with Crippen molar-refractivity contribution in [3.63, 3.8) is 0 Å². The number of aromatic nitrogens is 1. The molecule has 2 aromatic rings. The smallest absolute Gasteiger partial charge is 0.376 e. The van der Waals surface area contributed by atoms with Crippen LogP contribution in [0, 0.1) is 6.92 Å². The normalized spacial score (nSPS) is 10.6. The zero-order chi connectivity index (χ0) is 13.1. The molecule has 0 saturated heterocycles. The van der Waals surface area contributed by atoms with E-state index >= 15 is 0 Å². The molecule has 2 heterocycles. The van der Waals surface area contributed by atoms with Gasteiger partial charge in [-0.1, -0.05) is 6.92 Å². The lowest BCUT2D eigenvalue weighted by atomic mass is 10.3. The Kier molecular flexibility index (Phi) is 3.50. The third-order valence-electron chi connectivity index (χ3n) is 2.47. The third kappa shape index (κ3) is 2.30. The number of oxazole rings is 1. The molecule has 5 heteroatoms. The fourth-order valence-electron chi connectivity index (χ4n) is 1.63. The van der Waals surface area contributed by atoms with Gasteiger partial charge in [0.15, 0.2) is 0 Å². The molecule has 0 fully saturated rings. The number of ether oxygens (including phenoxy) is 1. The number of aryl methyl sites for hydroxylation is 2. The summed E-state index contributed by atoms with van der Waals surface area (Å²) in [6.07, 6.45) is 2.16. The van der Waals surface area contributed by atoms with Gasteiger partial charge in [-0.25, -0.2) is 9.78 Å². The van der Waals surface area contributed by atoms with Crippen LogP contribution in [0.1, 0.15) is 35.9 Å². The molecule has 2 aromatic heterocycles. The second-order valence-corrected chi connectivity index (χ2v) is 3.81. The standard InChI is InChI=1S/C13H15NO4/c1-4-10-11(13(15)16-5-2)18-12(14-10)9-6-8(3)17-7-9/h6-7H,4-5H2,1-3H3. The zero-order valence-electron chi connectivity index (χ0n) is 10.6. The Hall–Kier alpha value is -2.04. The van der Waals surface area contributed by atoms with Gasteiger partial charge in [0.2, 0.25) is 11.7 Å². The second-order valence-electron chi connectivity index (χ2n) is 3.81. The lowest BCUT2D eigenvalue weighted by molar-refractivity contribution is 0.0489. The number of nitrogens with zero attached hydrogens (tertiary/aromatic N) is 1. The summed E-state index contributed by atoms with van der Waals surface area (Å²) in [7, 11) is 0. The van der Waals surface area contributed by atoms with Crippen molar-refractivity contribution < 1.29 is 18.4 Å². The molecule has 0 spiro atoms. The molecule has 0 unspecified atom stereocenters. The predicted molar refractivity (Wildman–Crippen MR) is 64.3 cm³/mol. The Morgan fingerprint density at radius 1 is 1.44 bits per heavy atom. The van der Waals surface area contributed by atoms with Gasteiger partial charge in [-0.05, 0) is 26.3 Å². The lowest BCUT2D eigenvalue weighted by Gasteiger charge is -1.98. The fraction of sp³-hybridized carbons (Fsp3) is 0.385. The van der Waals surface area contributed by atoms with Crippen molar-refractivity contribution >= 4 is 5.97 Å². The van der Waals surface area contributed by atoms with E-state index in [9.17, 15) is 4.79 Å². The van der Waals surface area contributed by atoms with Crippen molar-refractivity contribution in [2.45, 2.75) is 27.2 Å². The Bertz CT molecular complexity index is 553. The summed E-state index contributed by atoms with van der Waals surface area (Å²) in [4.78, 5) is 16.0. The topological polar surface area (TPSA) is 65.5 Å². The average Bonchev–Trinajstić information content (AvgIpc) is 2.94. The van der Waals surface area contributed by atoms with Crippen molar-refractivity contribution in [1.82, 2.24) is 4.98 Å². The summed E-state index contributed by atoms with van der Waals surface area (Å²) < 4.78 is 15.6. The van der Waals surface area contributed by atoms with E-state index in [-0.39, 0.29) is 5.76 Å². The van der Waals surface area contributed by atoms with Crippen molar-refractivity contribution in [1.29, 1.82) is 0 Å². The fourth-order valence-corrected chi connectivity index (χ4v) is 1.63. The van der Waals surface area contributed by atoms with Crippen LogP contribution in [0.2, 0.25) is 0 Å². The van der Waals surface area contributed by atoms with Crippen LogP contribution in [0.25, 0.3) is 11.5 Å². The van der Waals surface area contributed by atoms with Gasteiger partial charge in [0, 0.05) is 0 Å². The summed E-state index contributed by atoms with van der Waals surface area (Å²) in [5.41, 5.74) is 1.32. The van der Waals surface area contributed by atoms with Gasteiger partial charge >= 0.3 is 5.97 Å². The van der Waals surface area contributed by atoms with Gasteiger partial charge in [-0.2, -0.15) is 0 Å². The highest BCUT2D eigenvalue weighted by Gasteiger charge is 2.21. The van der Waals surface area contributed by atoms with Crippen LogP contribution >= 0.6 is 0 Å². The Labute approximate surface area is 105 Å². The minimum Gasteiger partial charge on any atom is -0.469 e. The summed E-state index contributed by atoms with van der Waals surface area (Å²) >= 11 is 0. The molecule has 0 aliphatic rings. The summed E-state index contributed by atoms with van der Waals surface area (Å²) in [6.45, 7) is 5.80. The molecular formula is C13H15NO4. The molecule has 0 bridgehead atoms. The molecular weight excluding hydrogens is 234 g/mol. The number of carbonyl (C=O) groups excluding carboxylic acids is 1. The van der Waals surface area contributed by atoms with Crippen molar-refractivity contribution in [3.8, 4) is 11.5 Å². The first-order valence-corrected chi connectivity index (χ1v) is 5.88. The molecule has 0 atom stereocenters. The second kappa shape index (κ2) is 5.08. The van der Waals surface area contributed by atoms with Gasteiger partial charge in [-0.15, -0.1) is 0 Å². The van der Waals surface area contributed by atoms with E-state index in [0.29, 0.717) is 24.6 Å². The van der Waals surface area contributed by atoms with Crippen LogP contribution in [-0.2, 0) is 11.2 Å². The average molecular weight is 249 g/mol. The van der Waals surface area contributed by atoms with E-state index in [4.69, 9.17) is 13.6 Å². The van der Waals surface area contributed by atoms with E-state index in [1.165, 1.54) is 0 Å². The molecule has 0 saturated carbocycles. The molecule has 0 radical (unpaired) electrons. The summed E-state index contributed by atoms with van der Waals surface area (Å²) in [5, 5.41) is 0. The lowest BCUT2D eigenvalue weighted by Crippen LogP contribution is -2.05. The van der Waals surface area contributed by atoms with Crippen molar-refractivity contribution in [2.24, 2.45) is 0 Å². The third-order valence-corrected chi connectivity index (χ3v) is 2.47. The van der Waals surface area contributed by atoms with Crippen LogP contribution < -0.4 is 0 Å². The van der Waals surface area contributed by atoms with Crippen LogP contribution in [0.3, 0.4) is 0 Å². The van der Waals surface area contributed by atoms with Crippen LogP contribution in [0.15, 0.2) is 21.2 Å². The first-order valence-electron chi connectivity index (χ1n) is 5.88. The molecule has 0 aliphatic carbocycles. The minimum absolute atomic E-state index is 0.174. The Balaban J connectivity index is 2.37. The van der Waals surface area contributed by atoms with Gasteiger partial charge < -0.3 is 13.6 Å². The molecule has 2 rings (SSSR count). The number of rotatable bonds is 4. The molecule has 0 aromatic carbocycles. The maximum Gasteiger partial charge on any atom is 0.376 e. The van der Waals surface area contributed by atoms with Crippen LogP contribution in [0.5, 0.6) is 0 Å². The van der Waals surface area contributed by atoms with E-state index in [1.807, 2.05) is 13.8 Å². The van der Waals surface area contributed by atoms with Gasteiger partial charge in [0.05, 0.1) is 17.9 Å². The number of hydrogen-bond acceptors (Lipinski definition) is 5. The first-order chi connectivity index (χ1) is 8.65. The summed E-state index contributed by atoms with van der Waals surface area (Å²) in [5.74, 6) is 0.840. The Morgan fingerprint density at radius 3 is 2.78 bits per heavy atom. The maximum absolute atomic E-state index is 11.7. The van der Waals surface area contributed by atoms with E-state index < -0.39 is 5.97 Å². The first kappa shape index (κ1) is 12.4. The van der Waals surface area contributed by atoms with Crippen LogP contribution in [0.4, 0.5) is 0 Å². The maximum atomic E-state index is 11.7. The minimum atomic E-state index is -0.478. The monoisotopic (exact) mass is 249 g/mol. The molecule has 96 valence electrons. The van der Waals surface area contributed by atoms with E-state index in [0.717, 1.165) is 11.3 Å². The van der Waals surface area contributed by atoms with Crippen molar-refractivity contribution in [2.75, 3.05) is 6.61 Å². The predicted octanol–water partition coefficient (Wildman–Crippen LogP) is 2.98. The number of carbonyl (C=O) groups is 1. The SMILES string of the molecule is CCOC(=O)c1oc(-c2coc(C)c2)nc1CC. The highest BCUT2D eigenvalue weighted by atomic mass is 16.5. The number of hydrogen-bond donors (Lipinski definition) is 0. The van der Waals surface area contributed by atoms with E-state index in [2.05, 4.69) is 4.98 Å². The van der Waals surface area contributed by atoms with Crippen molar-refractivity contribution in [3.05, 3.63) is 29.5 Å². The van der Waals surface area contributed by atoms with E-state index in [1.54, 1.807) is 19.3 Å². The zero-order valence-corrected chi connectivity index (χ0v) is 10.6. The molecule has 5 nitrogen and oxygen atoms in total. The largest absolute Gasteiger partial charge is 0.469 e. The number of esters is 1. The van der Waals surface area contributed by atoms with Gasteiger partial charge in [0.1, 0.15) is 12.0 Å². The highest BCUT2D eigenvalue weighted by molar-refractivity contribution is 5.88.